The van der Waals surface area contributed by atoms with Gasteiger partial charge < -0.3 is 24.1 Å². The van der Waals surface area contributed by atoms with Gasteiger partial charge in [0, 0.05) is 6.20 Å². The maximum Gasteiger partial charge on any atom is 0.319 e. The summed E-state index contributed by atoms with van der Waals surface area (Å²) >= 11 is 0. The van der Waals surface area contributed by atoms with Crippen molar-refractivity contribution in [3.63, 3.8) is 0 Å². The molecule has 202 valence electrons. The minimum Gasteiger partial charge on any atom is -0.459 e. The zero-order valence-corrected chi connectivity index (χ0v) is 21.7. The summed E-state index contributed by atoms with van der Waals surface area (Å²) in [6.45, 7) is 2.53. The SMILES string of the molecule is CC[C@H]1O[C@@](O)(c2cnc(OCc3ccccc3)nc2F)[C@@H](OCc2ccccc2)C1OCc1ccccc1. The van der Waals surface area contributed by atoms with E-state index in [9.17, 15) is 5.11 Å². The molecule has 1 aliphatic rings. The number of hydrogen-bond donors (Lipinski definition) is 1. The van der Waals surface area contributed by atoms with Crippen LogP contribution in [0.5, 0.6) is 6.01 Å². The molecule has 1 fully saturated rings. The summed E-state index contributed by atoms with van der Waals surface area (Å²) in [4.78, 5) is 8.02. The van der Waals surface area contributed by atoms with Crippen molar-refractivity contribution < 1.29 is 28.4 Å². The van der Waals surface area contributed by atoms with Gasteiger partial charge in [0.05, 0.1) is 24.9 Å². The Bertz CT molecular complexity index is 1330. The molecule has 1 unspecified atom stereocenters. The van der Waals surface area contributed by atoms with Crippen molar-refractivity contribution in [1.29, 1.82) is 0 Å². The number of rotatable bonds is 11. The second-order valence-electron chi connectivity index (χ2n) is 9.37. The third-order valence-electron chi connectivity index (χ3n) is 6.66. The molecule has 0 spiro atoms. The molecule has 0 amide bonds. The topological polar surface area (TPSA) is 82.9 Å². The molecule has 3 aromatic carbocycles. The monoisotopic (exact) mass is 530 g/mol. The molecule has 2 heterocycles. The fraction of sp³-hybridized carbons (Fsp3) is 0.290. The minimum absolute atomic E-state index is 0.146. The molecular formula is C31H31FN2O5. The predicted octanol–water partition coefficient (Wildman–Crippen LogP) is 5.32. The lowest BCUT2D eigenvalue weighted by Gasteiger charge is -2.30. The molecule has 1 aromatic heterocycles. The first kappa shape index (κ1) is 26.9. The van der Waals surface area contributed by atoms with Crippen LogP contribution in [0.1, 0.15) is 35.6 Å². The number of halogens is 1. The Hall–Kier alpha value is -3.69. The van der Waals surface area contributed by atoms with Crippen molar-refractivity contribution in [1.82, 2.24) is 9.97 Å². The van der Waals surface area contributed by atoms with Crippen LogP contribution in [0.3, 0.4) is 0 Å². The van der Waals surface area contributed by atoms with Crippen LogP contribution in [0.15, 0.2) is 97.2 Å². The summed E-state index contributed by atoms with van der Waals surface area (Å²) in [7, 11) is 0. The van der Waals surface area contributed by atoms with E-state index in [0.29, 0.717) is 6.42 Å². The van der Waals surface area contributed by atoms with Gasteiger partial charge in [0.25, 0.3) is 0 Å². The number of aromatic nitrogens is 2. The van der Waals surface area contributed by atoms with Gasteiger partial charge >= 0.3 is 6.01 Å². The molecule has 1 saturated heterocycles. The van der Waals surface area contributed by atoms with Crippen molar-refractivity contribution in [2.75, 3.05) is 0 Å². The third kappa shape index (κ3) is 6.32. The number of nitrogens with zero attached hydrogens (tertiary/aromatic N) is 2. The van der Waals surface area contributed by atoms with E-state index in [-0.39, 0.29) is 31.4 Å². The summed E-state index contributed by atoms with van der Waals surface area (Å²) in [6, 6.07) is 28.5. The maximum atomic E-state index is 15.5. The Morgan fingerprint density at radius 2 is 1.36 bits per heavy atom. The second kappa shape index (κ2) is 12.4. The van der Waals surface area contributed by atoms with Crippen LogP contribution < -0.4 is 4.74 Å². The zero-order chi connectivity index (χ0) is 27.1. The highest BCUT2D eigenvalue weighted by molar-refractivity contribution is 5.23. The first-order chi connectivity index (χ1) is 19.1. The van der Waals surface area contributed by atoms with Crippen molar-refractivity contribution in [2.24, 2.45) is 0 Å². The van der Waals surface area contributed by atoms with E-state index < -0.39 is 30.0 Å². The standard InChI is InChI=1S/C31H31FN2O5/c1-2-26-27(36-19-22-12-6-3-7-13-22)28(37-20-23-14-8-4-9-15-23)31(35,39-26)25-18-33-30(34-29(25)32)38-21-24-16-10-5-11-17-24/h3-18,26-28,35H,2,19-21H2,1H3/t26-,27?,28+,31+/m1/s1. The summed E-state index contributed by atoms with van der Waals surface area (Å²) in [5.74, 6) is -3.14. The molecule has 1 N–H and O–H groups in total. The second-order valence-corrected chi connectivity index (χ2v) is 9.37. The van der Waals surface area contributed by atoms with Crippen molar-refractivity contribution >= 4 is 0 Å². The Morgan fingerprint density at radius 3 is 1.90 bits per heavy atom. The zero-order valence-electron chi connectivity index (χ0n) is 21.7. The Balaban J connectivity index is 1.40. The van der Waals surface area contributed by atoms with Crippen LogP contribution in [0.2, 0.25) is 0 Å². The van der Waals surface area contributed by atoms with Gasteiger partial charge in [-0.3, -0.25) is 0 Å². The molecule has 8 heteroatoms. The van der Waals surface area contributed by atoms with Crippen LogP contribution in [0.4, 0.5) is 4.39 Å². The maximum absolute atomic E-state index is 15.5. The van der Waals surface area contributed by atoms with Gasteiger partial charge in [-0.25, -0.2) is 4.98 Å². The van der Waals surface area contributed by atoms with Gasteiger partial charge in [-0.15, -0.1) is 0 Å². The molecule has 5 rings (SSSR count). The van der Waals surface area contributed by atoms with Crippen LogP contribution in [0, 0.1) is 5.95 Å². The summed E-state index contributed by atoms with van der Waals surface area (Å²) in [5, 5.41) is 11.9. The van der Waals surface area contributed by atoms with E-state index in [2.05, 4.69) is 9.97 Å². The van der Waals surface area contributed by atoms with E-state index in [1.54, 1.807) is 0 Å². The highest BCUT2D eigenvalue weighted by atomic mass is 19.1. The average Bonchev–Trinajstić information content (AvgIpc) is 3.26. The number of ether oxygens (including phenoxy) is 4. The van der Waals surface area contributed by atoms with Crippen LogP contribution >= 0.6 is 0 Å². The number of benzene rings is 3. The molecule has 0 aliphatic carbocycles. The first-order valence-corrected chi connectivity index (χ1v) is 13.0. The van der Waals surface area contributed by atoms with Gasteiger partial charge in [-0.05, 0) is 23.1 Å². The molecule has 4 atom stereocenters. The summed E-state index contributed by atoms with van der Waals surface area (Å²) < 4.78 is 39.6. The summed E-state index contributed by atoms with van der Waals surface area (Å²) in [5.41, 5.74) is 2.50. The quantitative estimate of drug-likeness (QED) is 0.263. The lowest BCUT2D eigenvalue weighted by Crippen LogP contribution is -2.44. The van der Waals surface area contributed by atoms with Crippen molar-refractivity contribution in [3.8, 4) is 6.01 Å². The normalized spacial score (nSPS) is 22.6. The van der Waals surface area contributed by atoms with Gasteiger partial charge in [-0.1, -0.05) is 97.9 Å². The molecule has 7 nitrogen and oxygen atoms in total. The third-order valence-corrected chi connectivity index (χ3v) is 6.66. The number of aliphatic hydroxyl groups is 1. The smallest absolute Gasteiger partial charge is 0.319 e. The summed E-state index contributed by atoms with van der Waals surface area (Å²) in [6.07, 6.45) is -0.604. The average molecular weight is 531 g/mol. The van der Waals surface area contributed by atoms with Crippen molar-refractivity contribution in [2.45, 2.75) is 57.3 Å². The van der Waals surface area contributed by atoms with Crippen molar-refractivity contribution in [3.05, 3.63) is 125 Å². The molecule has 0 saturated carbocycles. The highest BCUT2D eigenvalue weighted by Crippen LogP contribution is 2.43. The van der Waals surface area contributed by atoms with Crippen LogP contribution in [-0.4, -0.2) is 33.4 Å². The van der Waals surface area contributed by atoms with E-state index in [1.807, 2.05) is 97.9 Å². The Kier molecular flexibility index (Phi) is 8.58. The Morgan fingerprint density at radius 1 is 0.821 bits per heavy atom. The minimum atomic E-state index is -2.18. The van der Waals surface area contributed by atoms with Gasteiger partial charge in [0.15, 0.2) is 0 Å². The van der Waals surface area contributed by atoms with Gasteiger partial charge in [0.1, 0.15) is 18.8 Å². The molecule has 4 aromatic rings. The lowest BCUT2D eigenvalue weighted by atomic mass is 9.98. The fourth-order valence-electron chi connectivity index (χ4n) is 4.62. The van der Waals surface area contributed by atoms with E-state index in [4.69, 9.17) is 18.9 Å². The first-order valence-electron chi connectivity index (χ1n) is 13.0. The molecule has 0 radical (unpaired) electrons. The van der Waals surface area contributed by atoms with E-state index in [0.717, 1.165) is 16.7 Å². The Labute approximate surface area is 227 Å². The molecule has 0 bridgehead atoms. The van der Waals surface area contributed by atoms with E-state index in [1.165, 1.54) is 6.20 Å². The van der Waals surface area contributed by atoms with Crippen LogP contribution in [0.25, 0.3) is 0 Å². The van der Waals surface area contributed by atoms with Gasteiger partial charge in [-0.2, -0.15) is 9.37 Å². The molecular weight excluding hydrogens is 499 g/mol. The molecule has 39 heavy (non-hydrogen) atoms. The number of hydrogen-bond acceptors (Lipinski definition) is 7. The lowest BCUT2D eigenvalue weighted by molar-refractivity contribution is -0.251. The fourth-order valence-corrected chi connectivity index (χ4v) is 4.62. The largest absolute Gasteiger partial charge is 0.459 e. The van der Waals surface area contributed by atoms with Crippen LogP contribution in [-0.2, 0) is 39.8 Å². The predicted molar refractivity (Wildman–Crippen MR) is 142 cm³/mol. The van der Waals surface area contributed by atoms with E-state index >= 15 is 4.39 Å². The molecule has 1 aliphatic heterocycles. The highest BCUT2D eigenvalue weighted by Gasteiger charge is 2.58. The van der Waals surface area contributed by atoms with Gasteiger partial charge in [0.2, 0.25) is 11.7 Å².